The number of amides is 1. The lowest BCUT2D eigenvalue weighted by Gasteiger charge is -2.32. The normalized spacial score (nSPS) is 16.3. The zero-order valence-electron chi connectivity index (χ0n) is 17.9. The van der Waals surface area contributed by atoms with E-state index in [0.29, 0.717) is 5.56 Å². The summed E-state index contributed by atoms with van der Waals surface area (Å²) in [5.74, 6) is -0.541. The topological polar surface area (TPSA) is 45.2 Å². The number of nitrogens with one attached hydrogen (secondary N) is 1. The molecule has 1 aliphatic carbocycles. The monoisotopic (exact) mass is 397 g/mol. The molecule has 1 atom stereocenters. The van der Waals surface area contributed by atoms with Crippen molar-refractivity contribution in [2.75, 3.05) is 11.9 Å². The molecule has 4 nitrogen and oxygen atoms in total. The van der Waals surface area contributed by atoms with Gasteiger partial charge in [0.1, 0.15) is 11.9 Å². The number of rotatable bonds is 5. The molecule has 1 fully saturated rings. The Labute approximate surface area is 173 Å². The largest absolute Gasteiger partial charge is 0.359 e. The number of halogens is 1. The average Bonchev–Trinajstić information content (AvgIpc) is 2.68. The van der Waals surface area contributed by atoms with Gasteiger partial charge in [-0.3, -0.25) is 9.78 Å². The Morgan fingerprint density at radius 1 is 1.14 bits per heavy atom. The van der Waals surface area contributed by atoms with Gasteiger partial charge in [-0.1, -0.05) is 52.2 Å². The van der Waals surface area contributed by atoms with Crippen molar-refractivity contribution >= 4 is 11.6 Å². The summed E-state index contributed by atoms with van der Waals surface area (Å²) in [7, 11) is 1.88. The van der Waals surface area contributed by atoms with Crippen molar-refractivity contribution in [2.45, 2.75) is 70.4 Å². The first-order valence-corrected chi connectivity index (χ1v) is 10.5. The number of pyridine rings is 1. The van der Waals surface area contributed by atoms with E-state index in [1.165, 1.54) is 18.1 Å². The molecule has 29 heavy (non-hydrogen) atoms. The first-order chi connectivity index (χ1) is 13.8. The van der Waals surface area contributed by atoms with E-state index in [0.717, 1.165) is 37.6 Å². The highest BCUT2D eigenvalue weighted by Gasteiger charge is 2.29. The first-order valence-electron chi connectivity index (χ1n) is 10.5. The van der Waals surface area contributed by atoms with E-state index in [9.17, 15) is 9.18 Å². The van der Waals surface area contributed by atoms with Gasteiger partial charge in [0.05, 0.1) is 6.20 Å². The quantitative estimate of drug-likeness (QED) is 0.759. The second-order valence-corrected chi connectivity index (χ2v) is 9.09. The lowest BCUT2D eigenvalue weighted by molar-refractivity contribution is -0.123. The number of likely N-dealkylation sites (N-methyl/N-ethyl adjacent to an activating group) is 1. The van der Waals surface area contributed by atoms with Gasteiger partial charge >= 0.3 is 0 Å². The van der Waals surface area contributed by atoms with E-state index >= 15 is 0 Å². The smallest absolute Gasteiger partial charge is 0.247 e. The van der Waals surface area contributed by atoms with Gasteiger partial charge in [-0.15, -0.1) is 0 Å². The molecule has 1 aromatic heterocycles. The Morgan fingerprint density at radius 3 is 2.38 bits per heavy atom. The van der Waals surface area contributed by atoms with Crippen molar-refractivity contribution in [1.29, 1.82) is 0 Å². The Bertz CT molecular complexity index is 823. The van der Waals surface area contributed by atoms with Gasteiger partial charge in [-0.05, 0) is 42.0 Å². The van der Waals surface area contributed by atoms with Crippen molar-refractivity contribution < 1.29 is 9.18 Å². The van der Waals surface area contributed by atoms with Crippen LogP contribution in [0, 0.1) is 5.82 Å². The van der Waals surface area contributed by atoms with Crippen LogP contribution in [-0.2, 0) is 10.2 Å². The van der Waals surface area contributed by atoms with Crippen LogP contribution in [-0.4, -0.2) is 24.0 Å². The first kappa shape index (κ1) is 21.3. The van der Waals surface area contributed by atoms with E-state index in [4.69, 9.17) is 0 Å². The maximum absolute atomic E-state index is 13.9. The molecule has 5 heteroatoms. The van der Waals surface area contributed by atoms with Crippen molar-refractivity contribution in [3.8, 4) is 0 Å². The lowest BCUT2D eigenvalue weighted by Crippen LogP contribution is -2.44. The third-order valence-corrected chi connectivity index (χ3v) is 5.77. The van der Waals surface area contributed by atoms with E-state index < -0.39 is 11.9 Å². The molecule has 1 aromatic carbocycles. The molecule has 0 aliphatic heterocycles. The number of carbonyl (C=O) groups is 1. The van der Waals surface area contributed by atoms with Crippen LogP contribution in [0.15, 0.2) is 42.7 Å². The van der Waals surface area contributed by atoms with E-state index in [2.05, 4.69) is 43.2 Å². The highest BCUT2D eigenvalue weighted by molar-refractivity contribution is 5.86. The Kier molecular flexibility index (Phi) is 6.56. The standard InChI is InChI=1S/C24H32FN3O/c1-24(2,3)18-10-12-21(13-11-18)28(4)22(17-14-19(25)16-26-15-17)23(29)27-20-8-6-5-7-9-20/h10-16,20,22H,5-9H2,1-4H3,(H,27,29). The summed E-state index contributed by atoms with van der Waals surface area (Å²) in [6.45, 7) is 6.51. The predicted molar refractivity (Wildman–Crippen MR) is 115 cm³/mol. The number of benzene rings is 1. The lowest BCUT2D eigenvalue weighted by atomic mass is 9.87. The molecular weight excluding hydrogens is 365 g/mol. The molecule has 156 valence electrons. The molecule has 1 aliphatic rings. The molecule has 1 amide bonds. The minimum atomic E-state index is -0.638. The van der Waals surface area contributed by atoms with Gasteiger partial charge in [0.2, 0.25) is 5.91 Å². The molecule has 2 aromatic rings. The number of aromatic nitrogens is 1. The molecule has 0 saturated heterocycles. The van der Waals surface area contributed by atoms with Gasteiger partial charge in [0, 0.05) is 30.5 Å². The van der Waals surface area contributed by atoms with Crippen LogP contribution in [0.4, 0.5) is 10.1 Å². The summed E-state index contributed by atoms with van der Waals surface area (Å²) in [5.41, 5.74) is 2.75. The van der Waals surface area contributed by atoms with E-state index in [1.54, 1.807) is 6.20 Å². The molecule has 0 radical (unpaired) electrons. The maximum Gasteiger partial charge on any atom is 0.247 e. The second kappa shape index (κ2) is 8.93. The summed E-state index contributed by atoms with van der Waals surface area (Å²) in [5, 5.41) is 3.19. The molecule has 1 unspecified atom stereocenters. The van der Waals surface area contributed by atoms with E-state index in [-0.39, 0.29) is 17.4 Å². The zero-order chi connectivity index (χ0) is 21.0. The van der Waals surface area contributed by atoms with Gasteiger partial charge in [0.25, 0.3) is 0 Å². The number of nitrogens with zero attached hydrogens (tertiary/aromatic N) is 2. The Hall–Kier alpha value is -2.43. The Balaban J connectivity index is 1.88. The molecular formula is C24H32FN3O. The summed E-state index contributed by atoms with van der Waals surface area (Å²) in [6.07, 6.45) is 8.26. The summed E-state index contributed by atoms with van der Waals surface area (Å²) in [6, 6.07) is 9.18. The fraction of sp³-hybridized carbons (Fsp3) is 0.500. The highest BCUT2D eigenvalue weighted by atomic mass is 19.1. The van der Waals surface area contributed by atoms with Crippen molar-refractivity contribution in [3.63, 3.8) is 0 Å². The fourth-order valence-electron chi connectivity index (χ4n) is 4.00. The number of carbonyl (C=O) groups excluding carboxylic acids is 1. The van der Waals surface area contributed by atoms with Crippen LogP contribution in [0.5, 0.6) is 0 Å². The van der Waals surface area contributed by atoms with E-state index in [1.807, 2.05) is 24.1 Å². The van der Waals surface area contributed by atoms with Crippen LogP contribution in [0.2, 0.25) is 0 Å². The van der Waals surface area contributed by atoms with Gasteiger partial charge in [-0.25, -0.2) is 4.39 Å². The number of hydrogen-bond donors (Lipinski definition) is 1. The highest BCUT2D eigenvalue weighted by Crippen LogP contribution is 2.30. The van der Waals surface area contributed by atoms with Gasteiger partial charge in [-0.2, -0.15) is 0 Å². The third-order valence-electron chi connectivity index (χ3n) is 5.77. The van der Waals surface area contributed by atoms with Crippen molar-refractivity contribution in [3.05, 3.63) is 59.7 Å². The van der Waals surface area contributed by atoms with Crippen LogP contribution >= 0.6 is 0 Å². The van der Waals surface area contributed by atoms with Gasteiger partial charge < -0.3 is 10.2 Å². The molecule has 1 saturated carbocycles. The minimum Gasteiger partial charge on any atom is -0.359 e. The molecule has 3 rings (SSSR count). The molecule has 1 N–H and O–H groups in total. The molecule has 0 spiro atoms. The zero-order valence-corrected chi connectivity index (χ0v) is 17.9. The van der Waals surface area contributed by atoms with Gasteiger partial charge in [0.15, 0.2) is 0 Å². The minimum absolute atomic E-state index is 0.0569. The fourth-order valence-corrected chi connectivity index (χ4v) is 4.00. The summed E-state index contributed by atoms with van der Waals surface area (Å²) >= 11 is 0. The predicted octanol–water partition coefficient (Wildman–Crippen LogP) is 5.14. The van der Waals surface area contributed by atoms with Crippen LogP contribution in [0.1, 0.15) is 70.0 Å². The number of anilines is 1. The maximum atomic E-state index is 13.9. The molecule has 0 bridgehead atoms. The summed E-state index contributed by atoms with van der Waals surface area (Å²) in [4.78, 5) is 19.1. The van der Waals surface area contributed by atoms with Crippen LogP contribution in [0.3, 0.4) is 0 Å². The Morgan fingerprint density at radius 2 is 1.79 bits per heavy atom. The second-order valence-electron chi connectivity index (χ2n) is 9.09. The van der Waals surface area contributed by atoms with Crippen LogP contribution in [0.25, 0.3) is 0 Å². The third kappa shape index (κ3) is 5.34. The van der Waals surface area contributed by atoms with Crippen molar-refractivity contribution in [2.24, 2.45) is 0 Å². The van der Waals surface area contributed by atoms with Crippen molar-refractivity contribution in [1.82, 2.24) is 10.3 Å². The SMILES string of the molecule is CN(c1ccc(C(C)(C)C)cc1)C(C(=O)NC1CCCCC1)c1cncc(F)c1. The average molecular weight is 398 g/mol. The van der Waals surface area contributed by atoms with Crippen LogP contribution < -0.4 is 10.2 Å². The summed E-state index contributed by atoms with van der Waals surface area (Å²) < 4.78 is 13.9. The molecule has 1 heterocycles. The number of hydrogen-bond acceptors (Lipinski definition) is 3.